The second-order valence-corrected chi connectivity index (χ2v) is 5.63. The largest absolute Gasteiger partial charge is 0.507 e. The van der Waals surface area contributed by atoms with Crippen molar-refractivity contribution >= 4 is 11.0 Å². The van der Waals surface area contributed by atoms with Crippen LogP contribution in [0.15, 0.2) is 57.7 Å². The second-order valence-electron chi connectivity index (χ2n) is 5.63. The quantitative estimate of drug-likeness (QED) is 0.451. The number of hydrogen-bond acceptors (Lipinski definition) is 5. The Morgan fingerprint density at radius 2 is 1.83 bits per heavy atom. The van der Waals surface area contributed by atoms with Gasteiger partial charge in [-0.2, -0.15) is 0 Å². The van der Waals surface area contributed by atoms with Crippen molar-refractivity contribution in [2.75, 3.05) is 6.54 Å². The van der Waals surface area contributed by atoms with E-state index in [1.165, 1.54) is 0 Å². The van der Waals surface area contributed by atoms with Gasteiger partial charge in [0, 0.05) is 4.92 Å². The number of hydrogen-bond donors (Lipinski definition) is 1. The van der Waals surface area contributed by atoms with Crippen molar-refractivity contribution in [3.63, 3.8) is 0 Å². The van der Waals surface area contributed by atoms with Gasteiger partial charge in [-0.1, -0.05) is 42.0 Å². The first kappa shape index (κ1) is 15.7. The Balaban J connectivity index is 2.24. The van der Waals surface area contributed by atoms with E-state index in [1.807, 2.05) is 19.1 Å². The summed E-state index contributed by atoms with van der Waals surface area (Å²) in [5.41, 5.74) is 0.962. The van der Waals surface area contributed by atoms with Crippen LogP contribution in [0.2, 0.25) is 0 Å². The topological polar surface area (TPSA) is 93.6 Å². The molecule has 0 saturated heterocycles. The molecule has 0 aliphatic rings. The molecule has 6 heteroatoms. The van der Waals surface area contributed by atoms with Crippen LogP contribution < -0.4 is 5.63 Å². The van der Waals surface area contributed by atoms with Crippen LogP contribution in [0.4, 0.5) is 0 Å². The molecule has 0 radical (unpaired) electrons. The van der Waals surface area contributed by atoms with Crippen molar-refractivity contribution in [3.8, 4) is 5.75 Å². The Bertz CT molecular complexity index is 959. The Morgan fingerprint density at radius 1 is 1.17 bits per heavy atom. The van der Waals surface area contributed by atoms with Crippen molar-refractivity contribution in [1.29, 1.82) is 0 Å². The first-order valence-corrected chi connectivity index (χ1v) is 7.40. The molecule has 1 aromatic heterocycles. The highest BCUT2D eigenvalue weighted by molar-refractivity contribution is 5.84. The fourth-order valence-corrected chi connectivity index (χ4v) is 2.77. The van der Waals surface area contributed by atoms with Crippen molar-refractivity contribution in [3.05, 3.63) is 85.8 Å². The summed E-state index contributed by atoms with van der Waals surface area (Å²) in [6.07, 6.45) is 0. The normalized spacial score (nSPS) is 12.2. The molecule has 0 aliphatic heterocycles. The second kappa shape index (κ2) is 6.16. The van der Waals surface area contributed by atoms with E-state index in [1.54, 1.807) is 36.4 Å². The molecule has 0 fully saturated rings. The first-order valence-electron chi connectivity index (χ1n) is 7.40. The van der Waals surface area contributed by atoms with E-state index >= 15 is 0 Å². The number of benzene rings is 2. The lowest BCUT2D eigenvalue weighted by Gasteiger charge is -2.15. The zero-order valence-electron chi connectivity index (χ0n) is 12.9. The summed E-state index contributed by atoms with van der Waals surface area (Å²) >= 11 is 0. The maximum atomic E-state index is 12.4. The first-order chi connectivity index (χ1) is 11.5. The number of aryl methyl sites for hydroxylation is 1. The summed E-state index contributed by atoms with van der Waals surface area (Å²) in [5.74, 6) is -1.16. The van der Waals surface area contributed by atoms with E-state index < -0.39 is 23.0 Å². The van der Waals surface area contributed by atoms with Crippen LogP contribution in [-0.4, -0.2) is 16.6 Å². The van der Waals surface area contributed by atoms with Crippen LogP contribution in [-0.2, 0) is 0 Å². The Kier molecular flexibility index (Phi) is 4.04. The molecule has 1 heterocycles. The minimum atomic E-state index is -0.888. The van der Waals surface area contributed by atoms with Gasteiger partial charge in [-0.15, -0.1) is 0 Å². The van der Waals surface area contributed by atoms with E-state index in [4.69, 9.17) is 4.42 Å². The Labute approximate surface area is 137 Å². The van der Waals surface area contributed by atoms with Gasteiger partial charge in [0.25, 0.3) is 0 Å². The van der Waals surface area contributed by atoms with Gasteiger partial charge in [-0.3, -0.25) is 10.1 Å². The molecule has 1 N–H and O–H groups in total. The molecule has 6 nitrogen and oxygen atoms in total. The summed E-state index contributed by atoms with van der Waals surface area (Å²) in [4.78, 5) is 23.0. The lowest BCUT2D eigenvalue weighted by atomic mass is 9.90. The van der Waals surface area contributed by atoms with E-state index in [9.17, 15) is 20.0 Å². The number of nitro groups is 1. The van der Waals surface area contributed by atoms with Gasteiger partial charge in [0.15, 0.2) is 0 Å². The highest BCUT2D eigenvalue weighted by Gasteiger charge is 2.28. The molecule has 122 valence electrons. The maximum Gasteiger partial charge on any atom is 0.344 e. The number of nitrogens with zero attached hydrogens (tertiary/aromatic N) is 1. The molecule has 0 bridgehead atoms. The third kappa shape index (κ3) is 2.86. The lowest BCUT2D eigenvalue weighted by Crippen LogP contribution is -2.21. The third-order valence-electron chi connectivity index (χ3n) is 3.98. The predicted octanol–water partition coefficient (Wildman–Crippen LogP) is 3.22. The van der Waals surface area contributed by atoms with E-state index in [0.717, 1.165) is 5.56 Å². The number of para-hydroxylation sites is 1. The SMILES string of the molecule is Cc1ccc(C(C[N+](=O)[O-])c2c(O)c3ccccc3oc2=O)cc1. The minimum Gasteiger partial charge on any atom is -0.507 e. The van der Waals surface area contributed by atoms with Gasteiger partial charge < -0.3 is 9.52 Å². The standard InChI is InChI=1S/C18H15NO5/c1-11-6-8-12(9-7-11)14(10-19(22)23)16-17(20)13-4-2-3-5-15(13)24-18(16)21/h2-9,14,20H,10H2,1H3. The molecular weight excluding hydrogens is 310 g/mol. The molecule has 0 saturated carbocycles. The molecule has 0 amide bonds. The highest BCUT2D eigenvalue weighted by Crippen LogP contribution is 2.34. The summed E-state index contributed by atoms with van der Waals surface area (Å²) in [5, 5.41) is 22.0. The van der Waals surface area contributed by atoms with E-state index in [2.05, 4.69) is 0 Å². The maximum absolute atomic E-state index is 12.4. The van der Waals surface area contributed by atoms with Crippen LogP contribution in [0.25, 0.3) is 11.0 Å². The molecule has 1 unspecified atom stereocenters. The van der Waals surface area contributed by atoms with Crippen LogP contribution >= 0.6 is 0 Å². The van der Waals surface area contributed by atoms with Crippen LogP contribution in [0.1, 0.15) is 22.6 Å². The summed E-state index contributed by atoms with van der Waals surface area (Å²) in [6, 6.07) is 13.6. The van der Waals surface area contributed by atoms with Gasteiger partial charge in [0.2, 0.25) is 6.54 Å². The summed E-state index contributed by atoms with van der Waals surface area (Å²) in [7, 11) is 0. The number of rotatable bonds is 4. The zero-order chi connectivity index (χ0) is 17.3. The molecular formula is C18H15NO5. The number of aromatic hydroxyl groups is 1. The monoisotopic (exact) mass is 325 g/mol. The molecule has 0 spiro atoms. The van der Waals surface area contributed by atoms with Gasteiger partial charge >= 0.3 is 5.63 Å². The highest BCUT2D eigenvalue weighted by atomic mass is 16.6. The Hall–Kier alpha value is -3.15. The molecule has 3 rings (SSSR count). The zero-order valence-corrected chi connectivity index (χ0v) is 12.9. The van der Waals surface area contributed by atoms with Gasteiger partial charge in [-0.25, -0.2) is 4.79 Å². The average molecular weight is 325 g/mol. The van der Waals surface area contributed by atoms with E-state index in [-0.39, 0.29) is 16.9 Å². The number of fused-ring (bicyclic) bond motifs is 1. The van der Waals surface area contributed by atoms with Crippen LogP contribution in [0.3, 0.4) is 0 Å². The molecule has 0 aliphatic carbocycles. The molecule has 3 aromatic rings. The molecule has 1 atom stereocenters. The Morgan fingerprint density at radius 3 is 2.50 bits per heavy atom. The average Bonchev–Trinajstić information content (AvgIpc) is 2.54. The van der Waals surface area contributed by atoms with Crippen molar-refractivity contribution in [2.24, 2.45) is 0 Å². The third-order valence-corrected chi connectivity index (χ3v) is 3.98. The lowest BCUT2D eigenvalue weighted by molar-refractivity contribution is -0.481. The fraction of sp³-hybridized carbons (Fsp3) is 0.167. The van der Waals surface area contributed by atoms with Gasteiger partial charge in [0.05, 0.1) is 16.9 Å². The fourth-order valence-electron chi connectivity index (χ4n) is 2.77. The molecule has 2 aromatic carbocycles. The van der Waals surface area contributed by atoms with Crippen molar-refractivity contribution < 1.29 is 14.4 Å². The van der Waals surface area contributed by atoms with Crippen molar-refractivity contribution in [2.45, 2.75) is 12.8 Å². The van der Waals surface area contributed by atoms with Gasteiger partial charge in [0.1, 0.15) is 11.3 Å². The molecule has 24 heavy (non-hydrogen) atoms. The van der Waals surface area contributed by atoms with E-state index in [0.29, 0.717) is 10.9 Å². The summed E-state index contributed by atoms with van der Waals surface area (Å²) < 4.78 is 5.24. The van der Waals surface area contributed by atoms with Gasteiger partial charge in [-0.05, 0) is 24.6 Å². The van der Waals surface area contributed by atoms with Crippen LogP contribution in [0, 0.1) is 17.0 Å². The van der Waals surface area contributed by atoms with Crippen molar-refractivity contribution in [1.82, 2.24) is 0 Å². The minimum absolute atomic E-state index is 0.0887. The summed E-state index contributed by atoms with van der Waals surface area (Å²) in [6.45, 7) is 1.38. The van der Waals surface area contributed by atoms with Crippen LogP contribution in [0.5, 0.6) is 5.75 Å². The predicted molar refractivity (Wildman–Crippen MR) is 89.0 cm³/mol. The smallest absolute Gasteiger partial charge is 0.344 e.